The van der Waals surface area contributed by atoms with Gasteiger partial charge in [-0.2, -0.15) is 4.98 Å². The molecule has 2 rings (SSSR count). The Morgan fingerprint density at radius 1 is 1.53 bits per heavy atom. The first-order valence-corrected chi connectivity index (χ1v) is 6.31. The number of aromatic nitrogens is 2. The maximum absolute atomic E-state index is 13.8. The van der Waals surface area contributed by atoms with E-state index < -0.39 is 11.4 Å². The summed E-state index contributed by atoms with van der Waals surface area (Å²) in [6, 6.07) is 4.58. The summed E-state index contributed by atoms with van der Waals surface area (Å²) in [5, 5.41) is 3.78. The number of hydrogen-bond donors (Lipinski definition) is 1. The quantitative estimate of drug-likeness (QED) is 0.932. The molecule has 0 aliphatic heterocycles. The summed E-state index contributed by atoms with van der Waals surface area (Å²) in [6.07, 6.45) is 0. The third-order valence-corrected chi connectivity index (χ3v) is 3.04. The molecule has 0 bridgehead atoms. The van der Waals surface area contributed by atoms with Crippen LogP contribution in [0.4, 0.5) is 4.39 Å². The van der Waals surface area contributed by atoms with Crippen LogP contribution < -0.4 is 5.73 Å². The highest BCUT2D eigenvalue weighted by molar-refractivity contribution is 9.10. The van der Waals surface area contributed by atoms with Gasteiger partial charge in [-0.3, -0.25) is 0 Å². The molecule has 1 heterocycles. The van der Waals surface area contributed by atoms with Crippen LogP contribution in [0.5, 0.6) is 0 Å². The lowest BCUT2D eigenvalue weighted by atomic mass is 10.1. The molecule has 0 aliphatic carbocycles. The molecule has 1 aromatic carbocycles. The number of ether oxygens (including phenoxy) is 1. The molecule has 7 heteroatoms. The average molecular weight is 330 g/mol. The summed E-state index contributed by atoms with van der Waals surface area (Å²) >= 11 is 3.18. The van der Waals surface area contributed by atoms with E-state index in [1.54, 1.807) is 19.1 Å². The Hall–Kier alpha value is -1.31. The fraction of sp³-hybridized carbons (Fsp3) is 0.333. The molecule has 1 atom stereocenters. The third-order valence-electron chi connectivity index (χ3n) is 2.54. The van der Waals surface area contributed by atoms with Gasteiger partial charge in [0.1, 0.15) is 11.4 Å². The van der Waals surface area contributed by atoms with Crippen molar-refractivity contribution in [2.45, 2.75) is 12.5 Å². The van der Waals surface area contributed by atoms with E-state index in [1.807, 2.05) is 0 Å². The third kappa shape index (κ3) is 2.99. The Balaban J connectivity index is 2.35. The van der Waals surface area contributed by atoms with E-state index in [0.29, 0.717) is 4.47 Å². The number of nitrogens with two attached hydrogens (primary N) is 1. The van der Waals surface area contributed by atoms with Gasteiger partial charge < -0.3 is 15.0 Å². The predicted octanol–water partition coefficient (Wildman–Crippen LogP) is 2.46. The van der Waals surface area contributed by atoms with Crippen LogP contribution in [0.15, 0.2) is 27.2 Å². The second kappa shape index (κ2) is 5.36. The van der Waals surface area contributed by atoms with Crippen LogP contribution in [0, 0.1) is 5.82 Å². The molecule has 2 N–H and O–H groups in total. The summed E-state index contributed by atoms with van der Waals surface area (Å²) in [7, 11) is 1.53. The molecule has 5 nitrogen and oxygen atoms in total. The summed E-state index contributed by atoms with van der Waals surface area (Å²) in [5.74, 6) is -0.0884. The molecule has 0 aliphatic rings. The minimum Gasteiger partial charge on any atom is -0.382 e. The Bertz CT molecular complexity index is 586. The van der Waals surface area contributed by atoms with Crippen molar-refractivity contribution < 1.29 is 13.7 Å². The number of nitrogens with zero attached hydrogens (tertiary/aromatic N) is 2. The van der Waals surface area contributed by atoms with Crippen molar-refractivity contribution in [2.75, 3.05) is 13.7 Å². The van der Waals surface area contributed by atoms with E-state index in [9.17, 15) is 4.39 Å². The van der Waals surface area contributed by atoms with Gasteiger partial charge >= 0.3 is 0 Å². The van der Waals surface area contributed by atoms with Crippen LogP contribution in [0.3, 0.4) is 0 Å². The zero-order valence-corrected chi connectivity index (χ0v) is 12.1. The highest BCUT2D eigenvalue weighted by atomic mass is 79.9. The molecule has 0 fully saturated rings. The van der Waals surface area contributed by atoms with Crippen molar-refractivity contribution in [3.05, 3.63) is 34.3 Å². The second-order valence-electron chi connectivity index (χ2n) is 4.40. The fourth-order valence-corrected chi connectivity index (χ4v) is 1.93. The van der Waals surface area contributed by atoms with E-state index in [2.05, 4.69) is 26.1 Å². The summed E-state index contributed by atoms with van der Waals surface area (Å²) in [6.45, 7) is 1.94. The number of rotatable bonds is 4. The van der Waals surface area contributed by atoms with Gasteiger partial charge in [0.05, 0.1) is 12.2 Å². The maximum Gasteiger partial charge on any atom is 0.260 e. The van der Waals surface area contributed by atoms with E-state index in [-0.39, 0.29) is 23.9 Å². The van der Waals surface area contributed by atoms with Gasteiger partial charge in [-0.15, -0.1) is 0 Å². The van der Waals surface area contributed by atoms with Gasteiger partial charge in [0.15, 0.2) is 5.82 Å². The first kappa shape index (κ1) is 14.1. The lowest BCUT2D eigenvalue weighted by Crippen LogP contribution is -2.38. The van der Waals surface area contributed by atoms with Gasteiger partial charge in [-0.05, 0) is 25.1 Å². The molecule has 0 amide bonds. The zero-order chi connectivity index (χ0) is 14.0. The second-order valence-corrected chi connectivity index (χ2v) is 5.31. The van der Waals surface area contributed by atoms with Crippen LogP contribution in [-0.4, -0.2) is 23.9 Å². The van der Waals surface area contributed by atoms with Gasteiger partial charge in [-0.1, -0.05) is 21.1 Å². The van der Waals surface area contributed by atoms with Gasteiger partial charge in [0.25, 0.3) is 5.89 Å². The number of hydrogen-bond acceptors (Lipinski definition) is 5. The first-order chi connectivity index (χ1) is 8.94. The standard InChI is InChI=1S/C12H13BrFN3O2/c1-12(15,6-18-2)11-16-10(19-17-11)8-4-3-7(13)5-9(8)14/h3-5H,6,15H2,1-2H3. The molecule has 1 aromatic heterocycles. The Morgan fingerprint density at radius 2 is 2.26 bits per heavy atom. The van der Waals surface area contributed by atoms with Gasteiger partial charge in [-0.25, -0.2) is 4.39 Å². The Kier molecular flexibility index (Phi) is 3.98. The molecule has 2 aromatic rings. The lowest BCUT2D eigenvalue weighted by Gasteiger charge is -2.18. The van der Waals surface area contributed by atoms with Crippen molar-refractivity contribution >= 4 is 15.9 Å². The van der Waals surface area contributed by atoms with E-state index in [0.717, 1.165) is 0 Å². The molecule has 0 saturated heterocycles. The van der Waals surface area contributed by atoms with E-state index >= 15 is 0 Å². The lowest BCUT2D eigenvalue weighted by molar-refractivity contribution is 0.135. The molecule has 1 unspecified atom stereocenters. The van der Waals surface area contributed by atoms with Crippen molar-refractivity contribution in [1.29, 1.82) is 0 Å². The number of benzene rings is 1. The molecular formula is C12H13BrFN3O2. The molecule has 0 spiro atoms. The largest absolute Gasteiger partial charge is 0.382 e. The van der Waals surface area contributed by atoms with Crippen LogP contribution in [0.1, 0.15) is 12.7 Å². The number of halogens is 2. The summed E-state index contributed by atoms with van der Waals surface area (Å²) < 4.78 is 24.5. The van der Waals surface area contributed by atoms with E-state index in [4.69, 9.17) is 15.0 Å². The molecule has 0 radical (unpaired) electrons. The topological polar surface area (TPSA) is 74.2 Å². The summed E-state index contributed by atoms with van der Waals surface area (Å²) in [5.41, 5.74) is 5.34. The van der Waals surface area contributed by atoms with Crippen LogP contribution in [0.25, 0.3) is 11.5 Å². The fourth-order valence-electron chi connectivity index (χ4n) is 1.59. The highest BCUT2D eigenvalue weighted by Gasteiger charge is 2.28. The molecule has 102 valence electrons. The zero-order valence-electron chi connectivity index (χ0n) is 10.5. The number of methoxy groups -OCH3 is 1. The highest BCUT2D eigenvalue weighted by Crippen LogP contribution is 2.25. The average Bonchev–Trinajstić information content (AvgIpc) is 2.78. The van der Waals surface area contributed by atoms with Crippen molar-refractivity contribution in [3.63, 3.8) is 0 Å². The monoisotopic (exact) mass is 329 g/mol. The normalized spacial score (nSPS) is 14.4. The summed E-state index contributed by atoms with van der Waals surface area (Å²) in [4.78, 5) is 4.12. The smallest absolute Gasteiger partial charge is 0.260 e. The molecule has 19 heavy (non-hydrogen) atoms. The Labute approximate surface area is 118 Å². The van der Waals surface area contributed by atoms with Crippen molar-refractivity contribution in [3.8, 4) is 11.5 Å². The Morgan fingerprint density at radius 3 is 2.89 bits per heavy atom. The van der Waals surface area contributed by atoms with Crippen molar-refractivity contribution in [1.82, 2.24) is 10.1 Å². The minimum atomic E-state index is -0.887. The van der Waals surface area contributed by atoms with Crippen LogP contribution >= 0.6 is 15.9 Å². The van der Waals surface area contributed by atoms with Crippen molar-refractivity contribution in [2.24, 2.45) is 5.73 Å². The predicted molar refractivity (Wildman–Crippen MR) is 70.8 cm³/mol. The molecule has 0 saturated carbocycles. The molecular weight excluding hydrogens is 317 g/mol. The van der Waals surface area contributed by atoms with E-state index in [1.165, 1.54) is 13.2 Å². The maximum atomic E-state index is 13.8. The van der Waals surface area contributed by atoms with Crippen LogP contribution in [0.2, 0.25) is 0 Å². The first-order valence-electron chi connectivity index (χ1n) is 5.51. The SMILES string of the molecule is COCC(C)(N)c1noc(-c2ccc(Br)cc2F)n1. The van der Waals surface area contributed by atoms with Gasteiger partial charge in [0, 0.05) is 11.6 Å². The van der Waals surface area contributed by atoms with Crippen LogP contribution in [-0.2, 0) is 10.3 Å². The van der Waals surface area contributed by atoms with Gasteiger partial charge in [0.2, 0.25) is 0 Å². The minimum absolute atomic E-state index is 0.0905.